The van der Waals surface area contributed by atoms with Crippen LogP contribution in [-0.2, 0) is 0 Å². The quantitative estimate of drug-likeness (QED) is 0.282. The number of benzene rings is 1. The number of pyridine rings is 1. The monoisotopic (exact) mass is 374 g/mol. The third kappa shape index (κ3) is 3.68. The highest BCUT2D eigenvalue weighted by Crippen LogP contribution is 2.35. The van der Waals surface area contributed by atoms with E-state index >= 15 is 0 Å². The first-order chi connectivity index (χ1) is 12.2. The molecule has 0 amide bonds. The molecular formula is C16H15F5N4O. The Morgan fingerprint density at radius 2 is 1.65 bits per heavy atom. The number of nitrogen functional groups attached to an aromatic ring is 1. The molecule has 0 spiro atoms. The van der Waals surface area contributed by atoms with Crippen molar-refractivity contribution >= 4 is 17.7 Å². The minimum Gasteiger partial charge on any atom is -0.431 e. The zero-order valence-electron chi connectivity index (χ0n) is 14.1. The smallest absolute Gasteiger partial charge is 0.243 e. The van der Waals surface area contributed by atoms with E-state index in [-0.39, 0.29) is 11.4 Å². The van der Waals surface area contributed by atoms with E-state index in [1.165, 1.54) is 19.3 Å². The molecule has 0 aliphatic heterocycles. The molecule has 0 aliphatic carbocycles. The molecule has 1 aromatic carbocycles. The van der Waals surface area contributed by atoms with E-state index in [1.54, 1.807) is 11.9 Å². The van der Waals surface area contributed by atoms with Crippen LogP contribution in [0.3, 0.4) is 0 Å². The summed E-state index contributed by atoms with van der Waals surface area (Å²) in [4.78, 5) is 9.80. The van der Waals surface area contributed by atoms with Gasteiger partial charge in [-0.1, -0.05) is 0 Å². The summed E-state index contributed by atoms with van der Waals surface area (Å²) >= 11 is 0. The number of halogens is 5. The summed E-state index contributed by atoms with van der Waals surface area (Å²) in [5, 5.41) is 0. The Bertz CT molecular complexity index is 843. The first kappa shape index (κ1) is 19.4. The van der Waals surface area contributed by atoms with Gasteiger partial charge in [-0.15, -0.1) is 0 Å². The normalized spacial score (nSPS) is 11.2. The van der Waals surface area contributed by atoms with Crippen molar-refractivity contribution in [3.8, 4) is 11.6 Å². The lowest BCUT2D eigenvalue weighted by Gasteiger charge is -2.13. The van der Waals surface area contributed by atoms with Crippen molar-refractivity contribution in [2.45, 2.75) is 13.8 Å². The maximum Gasteiger partial charge on any atom is 0.243 e. The summed E-state index contributed by atoms with van der Waals surface area (Å²) in [6.45, 7) is 4.13. The van der Waals surface area contributed by atoms with Crippen LogP contribution in [0.5, 0.6) is 11.6 Å². The van der Waals surface area contributed by atoms with Gasteiger partial charge in [0.15, 0.2) is 0 Å². The molecule has 1 aromatic heterocycles. The number of anilines is 1. The van der Waals surface area contributed by atoms with Gasteiger partial charge in [-0.25, -0.2) is 23.1 Å². The molecule has 0 radical (unpaired) electrons. The predicted molar refractivity (Wildman–Crippen MR) is 86.1 cm³/mol. The van der Waals surface area contributed by atoms with Crippen molar-refractivity contribution in [1.29, 1.82) is 0 Å². The summed E-state index contributed by atoms with van der Waals surface area (Å²) in [5.74, 6) is -12.8. The number of aliphatic imine (C=N–C) groups is 1. The number of nitrogens with two attached hydrogens (primary N) is 1. The minimum atomic E-state index is -2.28. The fourth-order valence-corrected chi connectivity index (χ4v) is 1.81. The molecular weight excluding hydrogens is 359 g/mol. The predicted octanol–water partition coefficient (Wildman–Crippen LogP) is 4.07. The van der Waals surface area contributed by atoms with E-state index in [9.17, 15) is 22.0 Å². The summed E-state index contributed by atoms with van der Waals surface area (Å²) in [5.41, 5.74) is 6.14. The molecule has 26 heavy (non-hydrogen) atoms. The van der Waals surface area contributed by atoms with Gasteiger partial charge < -0.3 is 15.4 Å². The van der Waals surface area contributed by atoms with Gasteiger partial charge >= 0.3 is 0 Å². The molecule has 0 saturated carbocycles. The number of ether oxygens (including phenoxy) is 1. The summed E-state index contributed by atoms with van der Waals surface area (Å²) in [6.07, 6.45) is 1.52. The second kappa shape index (κ2) is 7.54. The topological polar surface area (TPSA) is 63.7 Å². The van der Waals surface area contributed by atoms with Crippen molar-refractivity contribution in [2.75, 3.05) is 19.3 Å². The highest BCUT2D eigenvalue weighted by atomic mass is 19.2. The Labute approximate surface area is 145 Å². The van der Waals surface area contributed by atoms with Crippen LogP contribution in [0, 0.1) is 36.0 Å². The fourth-order valence-electron chi connectivity index (χ4n) is 1.81. The highest BCUT2D eigenvalue weighted by Gasteiger charge is 2.28. The molecule has 0 fully saturated rings. The Kier molecular flexibility index (Phi) is 5.63. The van der Waals surface area contributed by atoms with Crippen LogP contribution in [0.4, 0.5) is 33.3 Å². The van der Waals surface area contributed by atoms with Crippen LogP contribution in [0.2, 0.25) is 0 Å². The molecule has 0 atom stereocenters. The maximum atomic E-state index is 13.7. The number of aryl methyl sites for hydroxylation is 1. The standard InChI is InChI=1S/C16H15F5N4O/c1-4-25(3)6-23-9-5-8(22)16(24-7(9)2)26-15-13(20)11(18)10(17)12(19)14(15)21/h5-6H,4,22H2,1-3H3/b23-6+. The number of hydrogen-bond donors (Lipinski definition) is 1. The second-order valence-electron chi connectivity index (χ2n) is 5.31. The van der Waals surface area contributed by atoms with E-state index in [2.05, 4.69) is 9.98 Å². The second-order valence-corrected chi connectivity index (χ2v) is 5.31. The minimum absolute atomic E-state index is 0.189. The van der Waals surface area contributed by atoms with Crippen molar-refractivity contribution < 1.29 is 26.7 Å². The van der Waals surface area contributed by atoms with Gasteiger partial charge in [0.1, 0.15) is 0 Å². The van der Waals surface area contributed by atoms with Gasteiger partial charge in [0, 0.05) is 13.6 Å². The van der Waals surface area contributed by atoms with Gasteiger partial charge in [0.2, 0.25) is 40.7 Å². The molecule has 0 unspecified atom stereocenters. The van der Waals surface area contributed by atoms with Crippen LogP contribution in [-0.4, -0.2) is 29.8 Å². The molecule has 2 N–H and O–H groups in total. The molecule has 0 bridgehead atoms. The number of aromatic nitrogens is 1. The van der Waals surface area contributed by atoms with Crippen LogP contribution in [0.15, 0.2) is 11.1 Å². The third-order valence-corrected chi connectivity index (χ3v) is 3.44. The van der Waals surface area contributed by atoms with Gasteiger partial charge in [-0.05, 0) is 19.9 Å². The largest absolute Gasteiger partial charge is 0.431 e. The summed E-state index contributed by atoms with van der Waals surface area (Å²) in [6, 6.07) is 1.31. The maximum absolute atomic E-state index is 13.7. The number of hydrogen-bond acceptors (Lipinski definition) is 4. The van der Waals surface area contributed by atoms with E-state index in [4.69, 9.17) is 10.5 Å². The molecule has 0 saturated heterocycles. The van der Waals surface area contributed by atoms with Crippen molar-refractivity contribution in [3.05, 3.63) is 40.8 Å². The fraction of sp³-hybridized carbons (Fsp3) is 0.250. The lowest BCUT2D eigenvalue weighted by molar-refractivity contribution is 0.328. The van der Waals surface area contributed by atoms with E-state index in [0.717, 1.165) is 0 Å². The van der Waals surface area contributed by atoms with E-state index in [1.807, 2.05) is 6.92 Å². The Morgan fingerprint density at radius 3 is 2.19 bits per heavy atom. The van der Waals surface area contributed by atoms with Gasteiger partial charge in [-0.3, -0.25) is 0 Å². The van der Waals surface area contributed by atoms with Crippen molar-refractivity contribution in [3.63, 3.8) is 0 Å². The van der Waals surface area contributed by atoms with Crippen molar-refractivity contribution in [1.82, 2.24) is 9.88 Å². The first-order valence-electron chi connectivity index (χ1n) is 7.38. The first-order valence-corrected chi connectivity index (χ1v) is 7.38. The Morgan fingerprint density at radius 1 is 1.12 bits per heavy atom. The lowest BCUT2D eigenvalue weighted by atomic mass is 10.2. The SMILES string of the molecule is CCN(C)/C=N/c1cc(N)c(Oc2c(F)c(F)c(F)c(F)c2F)nc1C. The van der Waals surface area contributed by atoms with Crippen LogP contribution >= 0.6 is 0 Å². The van der Waals surface area contributed by atoms with Crippen molar-refractivity contribution in [2.24, 2.45) is 4.99 Å². The summed E-state index contributed by atoms with van der Waals surface area (Å²) in [7, 11) is 1.79. The number of nitrogens with zero attached hydrogens (tertiary/aromatic N) is 3. The molecule has 0 aliphatic rings. The average molecular weight is 374 g/mol. The van der Waals surface area contributed by atoms with Crippen LogP contribution in [0.1, 0.15) is 12.6 Å². The Hall–Kier alpha value is -2.91. The molecule has 5 nitrogen and oxygen atoms in total. The molecule has 1 heterocycles. The average Bonchev–Trinajstić information content (AvgIpc) is 2.62. The molecule has 2 aromatic rings. The molecule has 140 valence electrons. The molecule has 2 rings (SSSR count). The van der Waals surface area contributed by atoms with Crippen LogP contribution in [0.25, 0.3) is 0 Å². The zero-order chi connectivity index (χ0) is 19.6. The lowest BCUT2D eigenvalue weighted by Crippen LogP contribution is -2.14. The molecule has 10 heteroatoms. The van der Waals surface area contributed by atoms with E-state index < -0.39 is 40.7 Å². The van der Waals surface area contributed by atoms with Crippen LogP contribution < -0.4 is 10.5 Å². The highest BCUT2D eigenvalue weighted by molar-refractivity contribution is 5.66. The van der Waals surface area contributed by atoms with Gasteiger partial charge in [-0.2, -0.15) is 8.78 Å². The van der Waals surface area contributed by atoms with E-state index in [0.29, 0.717) is 12.2 Å². The van der Waals surface area contributed by atoms with Gasteiger partial charge in [0.05, 0.1) is 23.4 Å². The third-order valence-electron chi connectivity index (χ3n) is 3.44. The zero-order valence-corrected chi connectivity index (χ0v) is 14.1. The number of rotatable bonds is 5. The van der Waals surface area contributed by atoms with Gasteiger partial charge in [0.25, 0.3) is 0 Å². The summed E-state index contributed by atoms with van der Waals surface area (Å²) < 4.78 is 71.7. The Balaban J connectivity index is 2.44.